The summed E-state index contributed by atoms with van der Waals surface area (Å²) in [5.41, 5.74) is 1.50. The molecule has 0 saturated heterocycles. The first kappa shape index (κ1) is 56.5. The maximum absolute atomic E-state index is 13.2. The molecule has 8 rings (SSSR count). The Morgan fingerprint density at radius 3 is 1.46 bits per heavy atom. The van der Waals surface area contributed by atoms with Gasteiger partial charge in [-0.3, -0.25) is 0 Å². The van der Waals surface area contributed by atoms with Crippen LogP contribution in [0.15, 0.2) is 82.1 Å². The molecule has 0 aliphatic heterocycles. The fourth-order valence-electron chi connectivity index (χ4n) is 8.27. The molecule has 0 unspecified atom stereocenters. The van der Waals surface area contributed by atoms with E-state index in [0.717, 1.165) is 21.8 Å². The summed E-state index contributed by atoms with van der Waals surface area (Å²) in [5, 5.41) is 17.4. The molecule has 8 aromatic rings. The van der Waals surface area contributed by atoms with Gasteiger partial charge in [-0.25, -0.2) is 9.59 Å². The summed E-state index contributed by atoms with van der Waals surface area (Å²) in [7, 11) is 2.92. The Labute approximate surface area is 430 Å². The minimum absolute atomic E-state index is 0. The summed E-state index contributed by atoms with van der Waals surface area (Å²) in [4.78, 5) is 23.6. The number of carbonyl (C=O) groups is 2. The summed E-state index contributed by atoms with van der Waals surface area (Å²) < 4.78 is 121. The number of alkyl halides is 6. The van der Waals surface area contributed by atoms with E-state index in [1.165, 1.54) is 32.4 Å². The van der Waals surface area contributed by atoms with Crippen molar-refractivity contribution in [3.8, 4) is 23.0 Å². The minimum atomic E-state index is -4.59. The third-order valence-corrected chi connectivity index (χ3v) is 11.5. The SMILES string of the molecule is CCCc1c(OCCCn2ccc3cc(C(=O)O)c(OC)cc32)ccc2c(C(F)(F)F)noc12.CCCc1c(OCCCn2ccc3cc(C(=O)OCC)c(OC)cc32)ccc2c(C(F)(F)F)noc12.[Na+].[OH-]. The van der Waals surface area contributed by atoms with Crippen LogP contribution >= 0.6 is 0 Å². The van der Waals surface area contributed by atoms with Crippen LogP contribution in [-0.2, 0) is 43.0 Å². The molecule has 0 aliphatic rings. The van der Waals surface area contributed by atoms with Gasteiger partial charge in [0.2, 0.25) is 0 Å². The third kappa shape index (κ3) is 12.2. The molecule has 0 fully saturated rings. The van der Waals surface area contributed by atoms with E-state index in [9.17, 15) is 41.0 Å². The topological polar surface area (TPSA) is 192 Å². The molecule has 0 atom stereocenters. The second-order valence-electron chi connectivity index (χ2n) is 16.1. The minimum Gasteiger partial charge on any atom is -0.870 e. The molecule has 4 aromatic heterocycles. The zero-order chi connectivity index (χ0) is 50.3. The van der Waals surface area contributed by atoms with E-state index in [2.05, 4.69) is 10.3 Å². The van der Waals surface area contributed by atoms with Crippen molar-refractivity contribution in [1.82, 2.24) is 19.4 Å². The number of carboxylic acids is 1. The van der Waals surface area contributed by atoms with Crippen molar-refractivity contribution in [1.29, 1.82) is 0 Å². The second-order valence-corrected chi connectivity index (χ2v) is 16.1. The number of carboxylic acid groups (broad SMARTS) is 1. The molecule has 0 radical (unpaired) electrons. The van der Waals surface area contributed by atoms with Crippen molar-refractivity contribution in [2.24, 2.45) is 0 Å². The van der Waals surface area contributed by atoms with Crippen LogP contribution in [0.5, 0.6) is 23.0 Å². The number of benzene rings is 4. The number of fused-ring (bicyclic) bond motifs is 4. The van der Waals surface area contributed by atoms with Crippen LogP contribution < -0.4 is 48.5 Å². The van der Waals surface area contributed by atoms with Crippen LogP contribution in [0.3, 0.4) is 0 Å². The fourth-order valence-corrected chi connectivity index (χ4v) is 8.27. The van der Waals surface area contributed by atoms with E-state index in [4.69, 9.17) is 32.7 Å². The van der Waals surface area contributed by atoms with Crippen molar-refractivity contribution >= 4 is 55.7 Å². The molecule has 380 valence electrons. The molecule has 0 aliphatic carbocycles. The van der Waals surface area contributed by atoms with Gasteiger partial charge < -0.3 is 52.4 Å². The number of hydrogen-bond donors (Lipinski definition) is 1. The number of halogens is 6. The molecule has 22 heteroatoms. The Kier molecular flexibility index (Phi) is 19.1. The number of hydrogen-bond acceptors (Lipinski definition) is 12. The molecule has 0 amide bonds. The monoisotopic (exact) mass is 1020 g/mol. The number of carbonyl (C=O) groups excluding carboxylic acids is 1. The molecule has 0 spiro atoms. The molecule has 15 nitrogen and oxygen atoms in total. The predicted molar refractivity (Wildman–Crippen MR) is 248 cm³/mol. The average Bonchev–Trinajstić information content (AvgIpc) is 4.14. The standard InChI is InChI=1S/C26H27F3N2O5.C24H23F3N2O5.Na.H2O/c1-4-7-17-21(9-8-18-23(17)36-30-24(18)26(27,28)29)35-13-6-11-31-12-10-16-14-19(25(32)34-5-2)22(33-3)15-20(16)31;1-3-5-15-19(7-6-16-21(15)34-28-22(16)24(25,26)27)33-11-4-9-29-10-8-14-12-17(23(30)31)20(32-2)13-18(14)29;;/h8-10,12,14-15H,4-7,11,13H2,1-3H3;6-8,10,12-13H,3-5,9,11H2,1-2H3,(H,30,31);;1H2/q;;+1;/p-1. The first-order valence-electron chi connectivity index (χ1n) is 22.5. The average molecular weight is 1020 g/mol. The Morgan fingerprint density at radius 1 is 0.639 bits per heavy atom. The molecule has 0 bridgehead atoms. The van der Waals surface area contributed by atoms with Gasteiger partial charge in [0.25, 0.3) is 0 Å². The number of esters is 1. The van der Waals surface area contributed by atoms with Crippen LogP contribution in [0.4, 0.5) is 26.3 Å². The molecular weight excluding hydrogens is 970 g/mol. The largest absolute Gasteiger partial charge is 1.00 e. The summed E-state index contributed by atoms with van der Waals surface area (Å²) >= 11 is 0. The van der Waals surface area contributed by atoms with Crippen molar-refractivity contribution in [2.45, 2.75) is 84.7 Å². The van der Waals surface area contributed by atoms with E-state index in [1.54, 1.807) is 37.3 Å². The first-order valence-corrected chi connectivity index (χ1v) is 22.5. The smallest absolute Gasteiger partial charge is 0.870 e. The normalized spacial score (nSPS) is 11.5. The Hall–Kier alpha value is -6.42. The fraction of sp³-hybridized carbons (Fsp3) is 0.360. The van der Waals surface area contributed by atoms with E-state index < -0.39 is 35.7 Å². The van der Waals surface area contributed by atoms with Crippen molar-refractivity contribution < 1.29 is 109 Å². The quantitative estimate of drug-likeness (QED) is 0.0349. The number of methoxy groups -OCH3 is 2. The Bertz CT molecular complexity index is 3140. The number of ether oxygens (including phenoxy) is 5. The van der Waals surface area contributed by atoms with Crippen LogP contribution in [0.2, 0.25) is 0 Å². The van der Waals surface area contributed by atoms with Gasteiger partial charge in [-0.1, -0.05) is 37.0 Å². The summed E-state index contributed by atoms with van der Waals surface area (Å²) in [5.74, 6) is 0.177. The van der Waals surface area contributed by atoms with Crippen LogP contribution in [-0.4, -0.2) is 76.0 Å². The molecular formula is C50H51F6N4NaO11. The molecule has 4 aromatic carbocycles. The Morgan fingerprint density at radius 2 is 1.07 bits per heavy atom. The summed E-state index contributed by atoms with van der Waals surface area (Å²) in [6, 6.07) is 16.3. The van der Waals surface area contributed by atoms with Gasteiger partial charge in [-0.15, -0.1) is 0 Å². The number of rotatable bonds is 19. The van der Waals surface area contributed by atoms with E-state index >= 15 is 0 Å². The van der Waals surface area contributed by atoms with E-state index in [0.29, 0.717) is 98.8 Å². The number of nitrogens with zero attached hydrogens (tertiary/aromatic N) is 4. The maximum atomic E-state index is 13.2. The third-order valence-electron chi connectivity index (χ3n) is 11.5. The van der Waals surface area contributed by atoms with E-state index in [-0.39, 0.29) is 74.9 Å². The van der Waals surface area contributed by atoms with Gasteiger partial charge in [0.1, 0.15) is 34.1 Å². The summed E-state index contributed by atoms with van der Waals surface area (Å²) in [6.07, 6.45) is -1.74. The van der Waals surface area contributed by atoms with Crippen LogP contribution in [0.1, 0.15) is 89.7 Å². The first-order chi connectivity index (χ1) is 33.5. The molecule has 72 heavy (non-hydrogen) atoms. The van der Waals surface area contributed by atoms with E-state index in [1.807, 2.05) is 47.5 Å². The predicted octanol–water partition coefficient (Wildman–Crippen LogP) is 9.17. The zero-order valence-electron chi connectivity index (χ0n) is 40.3. The van der Waals surface area contributed by atoms with Gasteiger partial charge in [0, 0.05) is 59.5 Å². The van der Waals surface area contributed by atoms with Gasteiger partial charge in [0.15, 0.2) is 22.6 Å². The van der Waals surface area contributed by atoms with Crippen LogP contribution in [0, 0.1) is 0 Å². The van der Waals surface area contributed by atoms with Gasteiger partial charge in [0.05, 0.1) is 55.8 Å². The number of aromatic carboxylic acids is 1. The van der Waals surface area contributed by atoms with Crippen LogP contribution in [0.25, 0.3) is 43.7 Å². The number of aryl methyl sites for hydroxylation is 4. The summed E-state index contributed by atoms with van der Waals surface area (Å²) in [6.45, 7) is 7.76. The molecule has 0 saturated carbocycles. The van der Waals surface area contributed by atoms with Crippen molar-refractivity contribution in [3.63, 3.8) is 0 Å². The van der Waals surface area contributed by atoms with Gasteiger partial charge in [-0.2, -0.15) is 26.3 Å². The van der Waals surface area contributed by atoms with Crippen molar-refractivity contribution in [2.75, 3.05) is 34.0 Å². The second kappa shape index (κ2) is 24.3. The zero-order valence-corrected chi connectivity index (χ0v) is 42.3. The number of aromatic nitrogens is 4. The van der Waals surface area contributed by atoms with Gasteiger partial charge >= 0.3 is 53.8 Å². The molecule has 4 heterocycles. The van der Waals surface area contributed by atoms with Crippen molar-refractivity contribution in [3.05, 3.63) is 107 Å². The molecule has 2 N–H and O–H groups in total. The van der Waals surface area contributed by atoms with Gasteiger partial charge in [-0.05, 0) is 81.1 Å². The Balaban J connectivity index is 0.000000261. The maximum Gasteiger partial charge on any atom is 1.00 e.